The summed E-state index contributed by atoms with van der Waals surface area (Å²) < 4.78 is 37.0. The number of halogens is 5. The summed E-state index contributed by atoms with van der Waals surface area (Å²) >= 11 is 11.3. The van der Waals surface area contributed by atoms with E-state index in [1.807, 2.05) is 6.92 Å². The van der Waals surface area contributed by atoms with E-state index in [2.05, 4.69) is 10.3 Å². The first-order valence-electron chi connectivity index (χ1n) is 4.90. The molecule has 2 nitrogen and oxygen atoms in total. The third-order valence-corrected chi connectivity index (χ3v) is 2.60. The molecule has 1 unspecified atom stereocenters. The third kappa shape index (κ3) is 4.24. The Bertz CT molecular complexity index is 382. The Morgan fingerprint density at radius 1 is 1.47 bits per heavy atom. The van der Waals surface area contributed by atoms with Gasteiger partial charge in [-0.15, -0.1) is 11.6 Å². The van der Waals surface area contributed by atoms with Crippen molar-refractivity contribution in [2.24, 2.45) is 0 Å². The van der Waals surface area contributed by atoms with E-state index in [1.165, 1.54) is 0 Å². The van der Waals surface area contributed by atoms with Gasteiger partial charge in [0.15, 0.2) is 0 Å². The molecule has 1 aromatic heterocycles. The summed E-state index contributed by atoms with van der Waals surface area (Å²) in [7, 11) is 0. The highest BCUT2D eigenvalue weighted by Gasteiger charge is 2.31. The number of nitrogens with one attached hydrogen (secondary N) is 1. The molecule has 0 amide bonds. The fraction of sp³-hybridized carbons (Fsp3) is 0.500. The molecule has 96 valence electrons. The Balaban J connectivity index is 2.83. The van der Waals surface area contributed by atoms with Crippen molar-refractivity contribution in [3.63, 3.8) is 0 Å². The first kappa shape index (κ1) is 14.4. The SMILES string of the molecule is CC(CCCl)Nc1ncc(C(F)(F)F)cc1Cl. The standard InChI is InChI=1S/C10H11Cl2F3N2/c1-6(2-3-11)17-9-8(12)4-7(5-16-9)10(13,14)15/h4-6H,2-3H2,1H3,(H,16,17). The molecule has 1 atom stereocenters. The fourth-order valence-electron chi connectivity index (χ4n) is 1.17. The summed E-state index contributed by atoms with van der Waals surface area (Å²) in [6, 6.07) is 0.846. The zero-order chi connectivity index (χ0) is 13.1. The average molecular weight is 287 g/mol. The van der Waals surface area contributed by atoms with Crippen molar-refractivity contribution in [1.29, 1.82) is 0 Å². The monoisotopic (exact) mass is 286 g/mol. The lowest BCUT2D eigenvalue weighted by atomic mass is 10.2. The number of hydrogen-bond acceptors (Lipinski definition) is 2. The highest BCUT2D eigenvalue weighted by atomic mass is 35.5. The molecule has 0 saturated carbocycles. The number of rotatable bonds is 4. The van der Waals surface area contributed by atoms with E-state index in [-0.39, 0.29) is 16.9 Å². The second kappa shape index (κ2) is 5.78. The van der Waals surface area contributed by atoms with Crippen molar-refractivity contribution >= 4 is 29.0 Å². The Hall–Kier alpha value is -0.680. The fourth-order valence-corrected chi connectivity index (χ4v) is 1.72. The lowest BCUT2D eigenvalue weighted by Crippen LogP contribution is -2.17. The quantitative estimate of drug-likeness (QED) is 0.840. The van der Waals surface area contributed by atoms with E-state index in [1.54, 1.807) is 0 Å². The van der Waals surface area contributed by atoms with Crippen LogP contribution in [0.3, 0.4) is 0 Å². The third-order valence-electron chi connectivity index (χ3n) is 2.09. The molecule has 1 heterocycles. The van der Waals surface area contributed by atoms with Crippen molar-refractivity contribution in [1.82, 2.24) is 4.98 Å². The van der Waals surface area contributed by atoms with Gasteiger partial charge < -0.3 is 5.32 Å². The zero-order valence-corrected chi connectivity index (χ0v) is 10.5. The molecule has 0 fully saturated rings. The van der Waals surface area contributed by atoms with Gasteiger partial charge >= 0.3 is 6.18 Å². The Morgan fingerprint density at radius 3 is 2.59 bits per heavy atom. The minimum absolute atomic E-state index is 0.00534. The molecule has 0 bridgehead atoms. The maximum atomic E-state index is 12.3. The second-order valence-corrected chi connectivity index (χ2v) is 4.36. The minimum atomic E-state index is -4.43. The van der Waals surface area contributed by atoms with Crippen LogP contribution in [0.25, 0.3) is 0 Å². The van der Waals surface area contributed by atoms with Crippen LogP contribution in [-0.4, -0.2) is 16.9 Å². The number of anilines is 1. The van der Waals surface area contributed by atoms with Gasteiger partial charge in [-0.05, 0) is 19.4 Å². The Labute approximate surface area is 107 Å². The number of aromatic nitrogens is 1. The summed E-state index contributed by atoms with van der Waals surface area (Å²) in [5, 5.41) is 2.84. The van der Waals surface area contributed by atoms with Gasteiger partial charge in [-0.3, -0.25) is 0 Å². The number of nitrogens with zero attached hydrogens (tertiary/aromatic N) is 1. The molecule has 0 aromatic carbocycles. The van der Waals surface area contributed by atoms with Crippen LogP contribution < -0.4 is 5.32 Å². The smallest absolute Gasteiger partial charge is 0.366 e. The molecular weight excluding hydrogens is 276 g/mol. The number of alkyl halides is 4. The molecule has 17 heavy (non-hydrogen) atoms. The topological polar surface area (TPSA) is 24.9 Å². The van der Waals surface area contributed by atoms with Crippen LogP contribution >= 0.6 is 23.2 Å². The highest BCUT2D eigenvalue weighted by Crippen LogP contribution is 2.32. The first-order chi connectivity index (χ1) is 7.84. The van der Waals surface area contributed by atoms with Crippen LogP contribution in [0.5, 0.6) is 0 Å². The lowest BCUT2D eigenvalue weighted by Gasteiger charge is -2.15. The molecule has 1 aromatic rings. The van der Waals surface area contributed by atoms with E-state index in [4.69, 9.17) is 23.2 Å². The molecule has 0 spiro atoms. The summed E-state index contributed by atoms with van der Waals surface area (Å²) in [6.07, 6.45) is -3.01. The average Bonchev–Trinajstić information content (AvgIpc) is 2.20. The minimum Gasteiger partial charge on any atom is -0.366 e. The molecule has 7 heteroatoms. The molecular formula is C10H11Cl2F3N2. The number of hydrogen-bond donors (Lipinski definition) is 1. The Morgan fingerprint density at radius 2 is 2.12 bits per heavy atom. The maximum Gasteiger partial charge on any atom is 0.417 e. The van der Waals surface area contributed by atoms with Crippen LogP contribution in [0.1, 0.15) is 18.9 Å². The molecule has 1 N–H and O–H groups in total. The normalized spacial score (nSPS) is 13.5. The predicted octanol–water partition coefficient (Wildman–Crippen LogP) is 4.18. The van der Waals surface area contributed by atoms with Gasteiger partial charge in [0.05, 0.1) is 10.6 Å². The lowest BCUT2D eigenvalue weighted by molar-refractivity contribution is -0.137. The van der Waals surface area contributed by atoms with Crippen LogP contribution in [0.2, 0.25) is 5.02 Å². The van der Waals surface area contributed by atoms with Gasteiger partial charge in [0.1, 0.15) is 5.82 Å². The molecule has 0 radical (unpaired) electrons. The second-order valence-electron chi connectivity index (χ2n) is 3.58. The van der Waals surface area contributed by atoms with Crippen LogP contribution in [0, 0.1) is 0 Å². The van der Waals surface area contributed by atoms with Gasteiger partial charge in [0.25, 0.3) is 0 Å². The van der Waals surface area contributed by atoms with E-state index < -0.39 is 11.7 Å². The maximum absolute atomic E-state index is 12.3. The van der Waals surface area contributed by atoms with Gasteiger partial charge in [0, 0.05) is 18.1 Å². The van der Waals surface area contributed by atoms with E-state index >= 15 is 0 Å². The number of pyridine rings is 1. The molecule has 0 saturated heterocycles. The van der Waals surface area contributed by atoms with Crippen molar-refractivity contribution in [3.8, 4) is 0 Å². The van der Waals surface area contributed by atoms with Crippen LogP contribution in [0.4, 0.5) is 19.0 Å². The summed E-state index contributed by atoms with van der Waals surface area (Å²) in [4.78, 5) is 3.66. The zero-order valence-electron chi connectivity index (χ0n) is 8.98. The molecule has 0 aliphatic carbocycles. The Kier molecular flexibility index (Phi) is 4.89. The van der Waals surface area contributed by atoms with Gasteiger partial charge in [-0.2, -0.15) is 13.2 Å². The van der Waals surface area contributed by atoms with Crippen molar-refractivity contribution in [2.45, 2.75) is 25.6 Å². The van der Waals surface area contributed by atoms with Gasteiger partial charge in [-0.1, -0.05) is 11.6 Å². The largest absolute Gasteiger partial charge is 0.417 e. The van der Waals surface area contributed by atoms with Crippen LogP contribution in [0.15, 0.2) is 12.3 Å². The van der Waals surface area contributed by atoms with E-state index in [0.717, 1.165) is 12.3 Å². The molecule has 1 rings (SSSR count). The van der Waals surface area contributed by atoms with Gasteiger partial charge in [0.2, 0.25) is 0 Å². The van der Waals surface area contributed by atoms with E-state index in [9.17, 15) is 13.2 Å². The van der Waals surface area contributed by atoms with Crippen molar-refractivity contribution < 1.29 is 13.2 Å². The molecule has 0 aliphatic heterocycles. The first-order valence-corrected chi connectivity index (χ1v) is 5.81. The summed E-state index contributed by atoms with van der Waals surface area (Å²) in [5.74, 6) is 0.684. The molecule has 0 aliphatic rings. The summed E-state index contributed by atoms with van der Waals surface area (Å²) in [5.41, 5.74) is -0.863. The predicted molar refractivity (Wildman–Crippen MR) is 62.7 cm³/mol. The van der Waals surface area contributed by atoms with Crippen molar-refractivity contribution in [3.05, 3.63) is 22.8 Å². The van der Waals surface area contributed by atoms with Gasteiger partial charge in [-0.25, -0.2) is 4.98 Å². The highest BCUT2D eigenvalue weighted by molar-refractivity contribution is 6.33. The van der Waals surface area contributed by atoms with Crippen LogP contribution in [-0.2, 0) is 6.18 Å². The van der Waals surface area contributed by atoms with E-state index in [0.29, 0.717) is 12.3 Å². The van der Waals surface area contributed by atoms with Crippen molar-refractivity contribution in [2.75, 3.05) is 11.2 Å². The summed E-state index contributed by atoms with van der Waals surface area (Å²) in [6.45, 7) is 1.85.